The number of ether oxygens (including phenoxy) is 2. The van der Waals surface area contributed by atoms with Gasteiger partial charge in [-0.3, -0.25) is 10.2 Å². The van der Waals surface area contributed by atoms with Crippen molar-refractivity contribution < 1.29 is 28.2 Å². The van der Waals surface area contributed by atoms with Crippen molar-refractivity contribution in [2.24, 2.45) is 4.40 Å². The normalized spacial score (nSPS) is 18.8. The summed E-state index contributed by atoms with van der Waals surface area (Å²) in [6, 6.07) is -0.152. The first-order valence-electron chi connectivity index (χ1n) is 13.9. The molecule has 2 aromatic heterocycles. The third-order valence-corrected chi connectivity index (χ3v) is 9.09. The van der Waals surface area contributed by atoms with Crippen molar-refractivity contribution in [2.75, 3.05) is 36.9 Å². The number of rotatable bonds is 7. The molecule has 234 valence electrons. The number of aromatic nitrogens is 4. The first-order valence-corrected chi connectivity index (χ1v) is 16.1. The van der Waals surface area contributed by atoms with Crippen LogP contribution in [0.25, 0.3) is 0 Å². The number of carbonyl (C=O) groups excluding carboxylic acids is 2. The molecule has 2 aliphatic heterocycles. The van der Waals surface area contributed by atoms with Crippen molar-refractivity contribution in [3.8, 4) is 0 Å². The number of nitrogens with one attached hydrogen (secondary N) is 5. The van der Waals surface area contributed by atoms with Crippen molar-refractivity contribution in [1.82, 2.24) is 25.1 Å². The standard InChI is InChI=1S/C13H22N4O3S.C13H20N4O3S/c2*1-5-20-12(18)11-10-9(15-16-11)8(6-7-14-10)17-21(19)13(2,3)4/h8,14,17H,5-7H2,1-4H3,(H,15,16);14H,5-7H2,1-4H3,(H,15,16)/b;17-8+/t8-,21-;21-/m11/s1. The van der Waals surface area contributed by atoms with Crippen molar-refractivity contribution in [3.63, 3.8) is 0 Å². The summed E-state index contributed by atoms with van der Waals surface area (Å²) >= 11 is -2.55. The summed E-state index contributed by atoms with van der Waals surface area (Å²) in [6.45, 7) is 16.7. The van der Waals surface area contributed by atoms with Gasteiger partial charge in [-0.25, -0.2) is 9.59 Å². The maximum Gasteiger partial charge on any atom is 0.358 e. The minimum Gasteiger partial charge on any atom is -0.598 e. The van der Waals surface area contributed by atoms with E-state index in [0.717, 1.165) is 6.42 Å². The smallest absolute Gasteiger partial charge is 0.358 e. The van der Waals surface area contributed by atoms with E-state index in [1.54, 1.807) is 13.8 Å². The van der Waals surface area contributed by atoms with E-state index in [1.165, 1.54) is 0 Å². The minimum atomic E-state index is -1.36. The van der Waals surface area contributed by atoms with E-state index in [0.29, 0.717) is 66.9 Å². The zero-order chi connectivity index (χ0) is 31.2. The lowest BCUT2D eigenvalue weighted by atomic mass is 10.1. The van der Waals surface area contributed by atoms with Crippen LogP contribution >= 0.6 is 0 Å². The number of nitrogens with zero attached hydrogens (tertiary/aromatic N) is 3. The van der Waals surface area contributed by atoms with Crippen LogP contribution in [0.5, 0.6) is 0 Å². The SMILES string of the molecule is CCOC(=O)c1[nH]nc2c1NCC/C2=N\[S@+]([O-])C(C)(C)C.CCOC(=O)c1[nH]nc2c1NCC[C@H]2N[S@+]([O-])C(C)(C)C. The van der Waals surface area contributed by atoms with Crippen LogP contribution in [0, 0.1) is 0 Å². The lowest BCUT2D eigenvalue weighted by Gasteiger charge is -2.29. The Morgan fingerprint density at radius 3 is 2.07 bits per heavy atom. The van der Waals surface area contributed by atoms with Crippen molar-refractivity contribution >= 4 is 51.7 Å². The highest BCUT2D eigenvalue weighted by Gasteiger charge is 2.35. The molecule has 5 N–H and O–H groups in total. The second kappa shape index (κ2) is 14.1. The maximum atomic E-state index is 12.2. The number of H-pyrrole nitrogens is 2. The molecular weight excluding hydrogens is 584 g/mol. The van der Waals surface area contributed by atoms with Gasteiger partial charge in [0.05, 0.1) is 24.6 Å². The molecule has 4 rings (SSSR count). The Balaban J connectivity index is 0.000000230. The Bertz CT molecular complexity index is 1270. The third kappa shape index (κ3) is 8.18. The van der Waals surface area contributed by atoms with Gasteiger partial charge in [-0.2, -0.15) is 10.2 Å². The Hall–Kier alpha value is -2.79. The molecule has 14 nitrogen and oxygen atoms in total. The highest BCUT2D eigenvalue weighted by Crippen LogP contribution is 2.32. The third-order valence-electron chi connectivity index (χ3n) is 6.04. The van der Waals surface area contributed by atoms with Gasteiger partial charge in [0, 0.05) is 30.9 Å². The van der Waals surface area contributed by atoms with E-state index >= 15 is 0 Å². The van der Waals surface area contributed by atoms with Gasteiger partial charge >= 0.3 is 11.9 Å². The summed E-state index contributed by atoms with van der Waals surface area (Å²) in [6.07, 6.45) is 1.36. The average molecular weight is 627 g/mol. The molecule has 0 spiro atoms. The fourth-order valence-corrected chi connectivity index (χ4v) is 5.35. The first kappa shape index (κ1) is 33.7. The number of hydrogen-bond donors (Lipinski definition) is 5. The summed E-state index contributed by atoms with van der Waals surface area (Å²) in [5, 5.41) is 20.0. The Labute approximate surface area is 252 Å². The Kier molecular flexibility index (Phi) is 11.3. The van der Waals surface area contributed by atoms with E-state index in [-0.39, 0.29) is 16.5 Å². The van der Waals surface area contributed by atoms with E-state index in [2.05, 4.69) is 40.1 Å². The molecule has 2 aromatic rings. The van der Waals surface area contributed by atoms with E-state index in [1.807, 2.05) is 41.5 Å². The number of hydrogen-bond acceptors (Lipinski definition) is 12. The predicted octanol–water partition coefficient (Wildman–Crippen LogP) is 3.15. The van der Waals surface area contributed by atoms with Gasteiger partial charge in [-0.05, 0) is 61.8 Å². The molecule has 0 bridgehead atoms. The number of esters is 2. The van der Waals surface area contributed by atoms with Gasteiger partial charge in [0.15, 0.2) is 11.4 Å². The number of carbonyl (C=O) groups is 2. The number of fused-ring (bicyclic) bond motifs is 2. The molecule has 42 heavy (non-hydrogen) atoms. The van der Waals surface area contributed by atoms with Crippen LogP contribution < -0.4 is 15.4 Å². The van der Waals surface area contributed by atoms with Gasteiger partial charge < -0.3 is 29.2 Å². The minimum absolute atomic E-state index is 0.152. The summed E-state index contributed by atoms with van der Waals surface area (Å²) in [5.74, 6) is -0.895. The molecule has 0 saturated carbocycles. The quantitative estimate of drug-likeness (QED) is 0.223. The van der Waals surface area contributed by atoms with Crippen LogP contribution in [0.3, 0.4) is 0 Å². The van der Waals surface area contributed by atoms with Gasteiger partial charge in [-0.1, -0.05) is 4.40 Å². The molecule has 2 aliphatic rings. The molecule has 0 saturated heterocycles. The lowest BCUT2D eigenvalue weighted by Crippen LogP contribution is -2.42. The summed E-state index contributed by atoms with van der Waals surface area (Å²) in [7, 11) is 0. The van der Waals surface area contributed by atoms with Crippen LogP contribution in [0.15, 0.2) is 4.40 Å². The summed E-state index contributed by atoms with van der Waals surface area (Å²) < 4.78 is 41.0. The van der Waals surface area contributed by atoms with Crippen LogP contribution in [0.2, 0.25) is 0 Å². The zero-order valence-corrected chi connectivity index (χ0v) is 27.1. The second-order valence-electron chi connectivity index (χ2n) is 11.5. The fourth-order valence-electron chi connectivity index (χ4n) is 3.86. The molecular formula is C26H42N8O6S2. The van der Waals surface area contributed by atoms with E-state index in [4.69, 9.17) is 9.47 Å². The van der Waals surface area contributed by atoms with Crippen molar-refractivity contribution in [3.05, 3.63) is 22.8 Å². The largest absolute Gasteiger partial charge is 0.598 e. The van der Waals surface area contributed by atoms with Crippen molar-refractivity contribution in [1.29, 1.82) is 0 Å². The highest BCUT2D eigenvalue weighted by molar-refractivity contribution is 7.91. The average Bonchev–Trinajstić information content (AvgIpc) is 3.54. The van der Waals surface area contributed by atoms with E-state index in [9.17, 15) is 18.7 Å². The molecule has 0 amide bonds. The molecule has 0 radical (unpaired) electrons. The monoisotopic (exact) mass is 626 g/mol. The summed E-state index contributed by atoms with van der Waals surface area (Å²) in [5.41, 5.74) is 3.68. The first-order chi connectivity index (χ1) is 19.7. The summed E-state index contributed by atoms with van der Waals surface area (Å²) in [4.78, 5) is 23.7. The van der Waals surface area contributed by atoms with Gasteiger partial charge in [0.25, 0.3) is 0 Å². The second-order valence-corrected chi connectivity index (χ2v) is 15.4. The molecule has 0 aliphatic carbocycles. The Morgan fingerprint density at radius 1 is 0.929 bits per heavy atom. The fraction of sp³-hybridized carbons (Fsp3) is 0.654. The molecule has 0 unspecified atom stereocenters. The number of aromatic amines is 2. The van der Waals surface area contributed by atoms with Gasteiger partial charge in [-0.15, -0.1) is 4.72 Å². The zero-order valence-electron chi connectivity index (χ0n) is 25.4. The highest BCUT2D eigenvalue weighted by atomic mass is 32.2. The topological polar surface area (TPSA) is 205 Å². The lowest BCUT2D eigenvalue weighted by molar-refractivity contribution is 0.0511. The molecule has 3 atom stereocenters. The molecule has 0 fully saturated rings. The van der Waals surface area contributed by atoms with Crippen LogP contribution in [-0.4, -0.2) is 82.9 Å². The van der Waals surface area contributed by atoms with Crippen molar-refractivity contribution in [2.45, 2.75) is 83.8 Å². The number of anilines is 2. The van der Waals surface area contributed by atoms with Crippen LogP contribution in [0.4, 0.5) is 11.4 Å². The molecule has 4 heterocycles. The molecule has 16 heteroatoms. The van der Waals surface area contributed by atoms with Gasteiger partial charge in [0.2, 0.25) is 0 Å². The van der Waals surface area contributed by atoms with E-state index < -0.39 is 39.4 Å². The predicted molar refractivity (Wildman–Crippen MR) is 164 cm³/mol. The van der Waals surface area contributed by atoms with Gasteiger partial charge in [0.1, 0.15) is 44.0 Å². The Morgan fingerprint density at radius 2 is 1.50 bits per heavy atom. The maximum absolute atomic E-state index is 12.2. The molecule has 0 aromatic carbocycles. The van der Waals surface area contributed by atoms with Crippen LogP contribution in [-0.2, 0) is 32.2 Å². The van der Waals surface area contributed by atoms with Crippen LogP contribution in [0.1, 0.15) is 107 Å².